The summed E-state index contributed by atoms with van der Waals surface area (Å²) >= 11 is 6.40. The van der Waals surface area contributed by atoms with Gasteiger partial charge in [-0.1, -0.05) is 62.2 Å². The van der Waals surface area contributed by atoms with Crippen LogP contribution in [-0.4, -0.2) is 31.3 Å². The Balaban J connectivity index is 2.23. The van der Waals surface area contributed by atoms with Crippen molar-refractivity contribution in [1.82, 2.24) is 4.72 Å². The van der Waals surface area contributed by atoms with Gasteiger partial charge >= 0.3 is 21.5 Å². The highest BCUT2D eigenvalue weighted by Crippen LogP contribution is 2.30. The third-order valence-electron chi connectivity index (χ3n) is 3.54. The van der Waals surface area contributed by atoms with E-state index < -0.39 is 39.0 Å². The molecule has 152 valence electrons. The molecule has 2 rings (SSSR count). The molecule has 2 aromatic carbocycles. The van der Waals surface area contributed by atoms with E-state index in [2.05, 4.69) is 31.9 Å². The maximum Gasteiger partial charge on any atom is 0.511 e. The van der Waals surface area contributed by atoms with E-state index in [1.54, 1.807) is 42.5 Å². The van der Waals surface area contributed by atoms with Crippen molar-refractivity contribution >= 4 is 47.9 Å². The van der Waals surface area contributed by atoms with Crippen molar-refractivity contribution in [3.05, 3.63) is 70.2 Å². The summed E-state index contributed by atoms with van der Waals surface area (Å²) in [6.45, 7) is -0.648. The molecule has 0 aliphatic carbocycles. The summed E-state index contributed by atoms with van der Waals surface area (Å²) in [6.07, 6.45) is -1.04. The third kappa shape index (κ3) is 6.03. The molecular weight excluding hydrogens is 531 g/mol. The number of ether oxygens (including phenoxy) is 1. The van der Waals surface area contributed by atoms with E-state index in [1.165, 1.54) is 16.9 Å². The highest BCUT2D eigenvalue weighted by atomic mass is 79.9. The number of hydrogen-bond acceptors (Lipinski definition) is 4. The fourth-order valence-corrected chi connectivity index (χ4v) is 3.76. The smallest absolute Gasteiger partial charge is 0.453 e. The van der Waals surface area contributed by atoms with Crippen LogP contribution in [-0.2, 0) is 14.8 Å². The van der Waals surface area contributed by atoms with Gasteiger partial charge in [-0.05, 0) is 29.8 Å². The van der Waals surface area contributed by atoms with Crippen molar-refractivity contribution in [2.45, 2.75) is 16.4 Å². The number of alkyl halides is 4. The molecule has 0 fully saturated rings. The van der Waals surface area contributed by atoms with Crippen LogP contribution in [0.5, 0.6) is 0 Å². The summed E-state index contributed by atoms with van der Waals surface area (Å²) in [5.41, 5.74) is -4.71. The van der Waals surface area contributed by atoms with Gasteiger partial charge in [0.25, 0.3) is 0 Å². The molecule has 0 amide bonds. The van der Waals surface area contributed by atoms with Crippen molar-refractivity contribution in [3.8, 4) is 0 Å². The molecule has 2 atom stereocenters. The van der Waals surface area contributed by atoms with Gasteiger partial charge in [0.2, 0.25) is 0 Å². The fourth-order valence-electron chi connectivity index (χ4n) is 2.14. The number of nitrogens with one attached hydrogen (secondary N) is 1. The highest BCUT2D eigenvalue weighted by Gasteiger charge is 2.46. The van der Waals surface area contributed by atoms with Crippen LogP contribution in [0.25, 0.3) is 0 Å². The van der Waals surface area contributed by atoms with Gasteiger partial charge in [0.15, 0.2) is 0 Å². The maximum atomic E-state index is 12.5. The molecular formula is C17H14Br2F3NO4S. The van der Waals surface area contributed by atoms with E-state index in [9.17, 15) is 26.4 Å². The second-order valence-electron chi connectivity index (χ2n) is 5.56. The molecule has 1 N–H and O–H groups in total. The molecule has 0 saturated heterocycles. The molecule has 5 nitrogen and oxygen atoms in total. The summed E-state index contributed by atoms with van der Waals surface area (Å²) in [7, 11) is -5.52. The molecule has 0 saturated carbocycles. The van der Waals surface area contributed by atoms with Gasteiger partial charge in [0, 0.05) is 11.0 Å². The quantitative estimate of drug-likeness (QED) is 0.410. The van der Waals surface area contributed by atoms with Crippen molar-refractivity contribution < 1.29 is 31.1 Å². The van der Waals surface area contributed by atoms with Crippen LogP contribution in [0.15, 0.2) is 59.1 Å². The first kappa shape index (κ1) is 22.9. The van der Waals surface area contributed by atoms with E-state index in [0.717, 1.165) is 4.47 Å². The Morgan fingerprint density at radius 2 is 1.64 bits per heavy atom. The molecule has 28 heavy (non-hydrogen) atoms. The van der Waals surface area contributed by atoms with Gasteiger partial charge < -0.3 is 4.74 Å². The lowest BCUT2D eigenvalue weighted by Gasteiger charge is -2.24. The Kier molecular flexibility index (Phi) is 7.66. The molecule has 11 heteroatoms. The van der Waals surface area contributed by atoms with Crippen LogP contribution in [0.3, 0.4) is 0 Å². The van der Waals surface area contributed by atoms with Crippen LogP contribution in [0.4, 0.5) is 13.2 Å². The minimum atomic E-state index is -5.52. The highest BCUT2D eigenvalue weighted by molar-refractivity contribution is 9.10. The topological polar surface area (TPSA) is 72.5 Å². The predicted molar refractivity (Wildman–Crippen MR) is 104 cm³/mol. The SMILES string of the molecule is O=C(O[C@@H](c1ccc(Br)cc1)[C@H](Br)CNS(=O)(=O)C(F)(F)F)c1ccccc1. The van der Waals surface area contributed by atoms with E-state index in [4.69, 9.17) is 4.74 Å². The van der Waals surface area contributed by atoms with Gasteiger partial charge in [-0.3, -0.25) is 0 Å². The Labute approximate surface area is 176 Å². The maximum absolute atomic E-state index is 12.5. The second-order valence-corrected chi connectivity index (χ2v) is 9.41. The zero-order valence-corrected chi connectivity index (χ0v) is 18.0. The molecule has 0 aromatic heterocycles. The molecule has 0 aliphatic rings. The number of esters is 1. The lowest BCUT2D eigenvalue weighted by Crippen LogP contribution is -2.40. The van der Waals surface area contributed by atoms with Crippen LogP contribution < -0.4 is 4.72 Å². The van der Waals surface area contributed by atoms with Gasteiger partial charge in [-0.25, -0.2) is 17.9 Å². The predicted octanol–water partition coefficient (Wildman–Crippen LogP) is 4.55. The number of halogens is 5. The fraction of sp³-hybridized carbons (Fsp3) is 0.235. The summed E-state index contributed by atoms with van der Waals surface area (Å²) in [4.78, 5) is 11.4. The average Bonchev–Trinajstić information content (AvgIpc) is 2.64. The minimum absolute atomic E-state index is 0.250. The number of carbonyl (C=O) groups excluding carboxylic acids is 1. The van der Waals surface area contributed by atoms with Crippen molar-refractivity contribution in [2.24, 2.45) is 0 Å². The van der Waals surface area contributed by atoms with E-state index in [-0.39, 0.29) is 5.56 Å². The summed E-state index contributed by atoms with van der Waals surface area (Å²) < 4.78 is 67.7. The molecule has 0 unspecified atom stereocenters. The van der Waals surface area contributed by atoms with E-state index in [1.807, 2.05) is 0 Å². The first-order chi connectivity index (χ1) is 13.0. The summed E-state index contributed by atoms with van der Waals surface area (Å²) in [6, 6.07) is 14.6. The lowest BCUT2D eigenvalue weighted by atomic mass is 10.1. The molecule has 2 aromatic rings. The van der Waals surface area contributed by atoms with Gasteiger partial charge in [0.1, 0.15) is 6.10 Å². The van der Waals surface area contributed by atoms with Crippen LogP contribution >= 0.6 is 31.9 Å². The first-order valence-electron chi connectivity index (χ1n) is 7.73. The molecule has 0 spiro atoms. The van der Waals surface area contributed by atoms with Crippen molar-refractivity contribution in [1.29, 1.82) is 0 Å². The van der Waals surface area contributed by atoms with Crippen molar-refractivity contribution in [2.75, 3.05) is 6.54 Å². The van der Waals surface area contributed by atoms with Gasteiger partial charge in [0.05, 0.1) is 10.4 Å². The van der Waals surface area contributed by atoms with Crippen LogP contribution in [0, 0.1) is 0 Å². The zero-order valence-electron chi connectivity index (χ0n) is 14.0. The monoisotopic (exact) mass is 543 g/mol. The summed E-state index contributed by atoms with van der Waals surface area (Å²) in [5.74, 6) is -0.698. The Bertz CT molecular complexity index is 906. The third-order valence-corrected chi connectivity index (χ3v) is 6.03. The number of hydrogen-bond donors (Lipinski definition) is 1. The van der Waals surface area contributed by atoms with E-state index in [0.29, 0.717) is 5.56 Å². The molecule has 0 aliphatic heterocycles. The van der Waals surface area contributed by atoms with Crippen molar-refractivity contribution in [3.63, 3.8) is 0 Å². The zero-order chi connectivity index (χ0) is 20.9. The van der Waals surface area contributed by atoms with E-state index >= 15 is 0 Å². The number of carbonyl (C=O) groups is 1. The molecule has 0 bridgehead atoms. The van der Waals surface area contributed by atoms with Crippen LogP contribution in [0.2, 0.25) is 0 Å². The molecule has 0 heterocycles. The number of rotatable bonds is 7. The largest absolute Gasteiger partial charge is 0.511 e. The first-order valence-corrected chi connectivity index (χ1v) is 10.9. The van der Waals surface area contributed by atoms with Gasteiger partial charge in [-0.15, -0.1) is 0 Å². The van der Waals surface area contributed by atoms with Gasteiger partial charge in [-0.2, -0.15) is 13.2 Å². The Morgan fingerprint density at radius 1 is 1.07 bits per heavy atom. The average molecular weight is 545 g/mol. The Morgan fingerprint density at radius 3 is 2.18 bits per heavy atom. The Hall–Kier alpha value is -1.43. The lowest BCUT2D eigenvalue weighted by molar-refractivity contribution is -0.0448. The summed E-state index contributed by atoms with van der Waals surface area (Å²) in [5, 5.41) is 0. The minimum Gasteiger partial charge on any atom is -0.453 e. The number of sulfonamides is 1. The normalized spacial score (nSPS) is 14.3. The molecule has 0 radical (unpaired) electrons. The number of benzene rings is 2. The second kappa shape index (κ2) is 9.38. The van der Waals surface area contributed by atoms with Crippen LogP contribution in [0.1, 0.15) is 22.0 Å². The standard InChI is InChI=1S/C17H14Br2F3NO4S/c18-13-8-6-11(7-9-13)15(27-16(24)12-4-2-1-3-5-12)14(19)10-23-28(25,26)17(20,21)22/h1-9,14-15,23H,10H2/t14-,15+/m1/s1.